The Bertz CT molecular complexity index is 465. The molecule has 4 nitrogen and oxygen atoms in total. The van der Waals surface area contributed by atoms with E-state index in [1.54, 1.807) is 0 Å². The van der Waals surface area contributed by atoms with Crippen LogP contribution in [0.5, 0.6) is 0 Å². The molecule has 2 aliphatic rings. The number of nitrogens with one attached hydrogen (secondary N) is 2. The molecule has 2 saturated heterocycles. The zero-order valence-electron chi connectivity index (χ0n) is 12.6. The maximum absolute atomic E-state index is 11.6. The molecule has 21 heavy (non-hydrogen) atoms. The summed E-state index contributed by atoms with van der Waals surface area (Å²) in [5, 5.41) is 6.43. The highest BCUT2D eigenvalue weighted by Crippen LogP contribution is 2.23. The zero-order chi connectivity index (χ0) is 14.5. The van der Waals surface area contributed by atoms with Crippen LogP contribution in [0.2, 0.25) is 0 Å². The second kappa shape index (κ2) is 6.83. The van der Waals surface area contributed by atoms with E-state index in [1.807, 2.05) is 0 Å². The van der Waals surface area contributed by atoms with Gasteiger partial charge in [-0.25, -0.2) is 0 Å². The first-order chi connectivity index (χ1) is 10.3. The Hall–Kier alpha value is -1.71. The first-order valence-corrected chi connectivity index (χ1v) is 8.19. The minimum Gasteiger partial charge on any atom is -0.382 e. The Morgan fingerprint density at radius 1 is 1.05 bits per heavy atom. The van der Waals surface area contributed by atoms with Gasteiger partial charge in [-0.05, 0) is 56.4 Å². The number of carbonyl (C=O) groups is 1. The van der Waals surface area contributed by atoms with Crippen LogP contribution in [0, 0.1) is 0 Å². The fraction of sp³-hybridized carbons (Fsp3) is 0.588. The fourth-order valence-electron chi connectivity index (χ4n) is 3.25. The molecule has 114 valence electrons. The van der Waals surface area contributed by atoms with Gasteiger partial charge in [-0.15, -0.1) is 0 Å². The van der Waals surface area contributed by atoms with Crippen LogP contribution in [0.15, 0.2) is 24.3 Å². The summed E-state index contributed by atoms with van der Waals surface area (Å²) in [4.78, 5) is 14.1. The largest absolute Gasteiger partial charge is 0.382 e. The molecule has 1 atom stereocenters. The van der Waals surface area contributed by atoms with Gasteiger partial charge in [0.05, 0.1) is 0 Å². The van der Waals surface area contributed by atoms with E-state index >= 15 is 0 Å². The quantitative estimate of drug-likeness (QED) is 0.898. The van der Waals surface area contributed by atoms with E-state index in [1.165, 1.54) is 38.0 Å². The Labute approximate surface area is 126 Å². The standard InChI is InChI=1S/C17H25N3O/c21-17-13-15(5-4-10-18-17)19-14-6-8-16(9-7-14)20-11-2-1-3-12-20/h6-9,15,19H,1-5,10-13H2,(H,18,21). The van der Waals surface area contributed by atoms with Crippen molar-refractivity contribution in [3.63, 3.8) is 0 Å². The van der Waals surface area contributed by atoms with Gasteiger partial charge >= 0.3 is 0 Å². The summed E-state index contributed by atoms with van der Waals surface area (Å²) in [6, 6.07) is 8.95. The molecule has 2 heterocycles. The van der Waals surface area contributed by atoms with Crippen LogP contribution in [0.1, 0.15) is 38.5 Å². The molecule has 0 saturated carbocycles. The molecule has 0 aromatic heterocycles. The van der Waals surface area contributed by atoms with Crippen molar-refractivity contribution >= 4 is 17.3 Å². The van der Waals surface area contributed by atoms with E-state index in [0.29, 0.717) is 6.42 Å². The summed E-state index contributed by atoms with van der Waals surface area (Å²) in [5.41, 5.74) is 2.44. The molecule has 2 aliphatic heterocycles. The molecule has 1 aromatic carbocycles. The molecule has 2 N–H and O–H groups in total. The molecule has 0 bridgehead atoms. The molecular formula is C17H25N3O. The lowest BCUT2D eigenvalue weighted by Gasteiger charge is -2.29. The highest BCUT2D eigenvalue weighted by atomic mass is 16.1. The molecule has 0 spiro atoms. The Kier molecular flexibility index (Phi) is 4.63. The Morgan fingerprint density at radius 2 is 1.81 bits per heavy atom. The normalized spacial score (nSPS) is 23.3. The maximum atomic E-state index is 11.6. The van der Waals surface area contributed by atoms with E-state index in [9.17, 15) is 4.79 Å². The van der Waals surface area contributed by atoms with Crippen LogP contribution in [0.3, 0.4) is 0 Å². The third-order valence-corrected chi connectivity index (χ3v) is 4.44. The van der Waals surface area contributed by atoms with Crippen molar-refractivity contribution in [3.05, 3.63) is 24.3 Å². The number of rotatable bonds is 3. The van der Waals surface area contributed by atoms with Gasteiger partial charge in [-0.2, -0.15) is 0 Å². The third kappa shape index (κ3) is 3.90. The molecule has 2 fully saturated rings. The summed E-state index contributed by atoms with van der Waals surface area (Å²) in [6.45, 7) is 3.16. The number of benzene rings is 1. The van der Waals surface area contributed by atoms with Crippen molar-refractivity contribution in [1.29, 1.82) is 0 Å². The van der Waals surface area contributed by atoms with Gasteiger partial charge in [0.2, 0.25) is 5.91 Å². The lowest BCUT2D eigenvalue weighted by Crippen LogP contribution is -2.29. The van der Waals surface area contributed by atoms with E-state index in [4.69, 9.17) is 0 Å². The van der Waals surface area contributed by atoms with Crippen LogP contribution in [0.4, 0.5) is 11.4 Å². The summed E-state index contributed by atoms with van der Waals surface area (Å²) in [5.74, 6) is 0.162. The van der Waals surface area contributed by atoms with Gasteiger partial charge in [0.1, 0.15) is 0 Å². The van der Waals surface area contributed by atoms with Gasteiger partial charge in [0.25, 0.3) is 0 Å². The van der Waals surface area contributed by atoms with Gasteiger partial charge < -0.3 is 15.5 Å². The number of carbonyl (C=O) groups excluding carboxylic acids is 1. The monoisotopic (exact) mass is 287 g/mol. The average molecular weight is 287 g/mol. The first kappa shape index (κ1) is 14.2. The third-order valence-electron chi connectivity index (χ3n) is 4.44. The molecular weight excluding hydrogens is 262 g/mol. The van der Waals surface area contributed by atoms with Crippen LogP contribution >= 0.6 is 0 Å². The van der Waals surface area contributed by atoms with Crippen LogP contribution in [0.25, 0.3) is 0 Å². The van der Waals surface area contributed by atoms with Crippen molar-refractivity contribution in [2.45, 2.75) is 44.6 Å². The fourth-order valence-corrected chi connectivity index (χ4v) is 3.25. The van der Waals surface area contributed by atoms with Crippen molar-refractivity contribution in [1.82, 2.24) is 5.32 Å². The number of amides is 1. The summed E-state index contributed by atoms with van der Waals surface area (Å²) in [7, 11) is 0. The predicted molar refractivity (Wildman–Crippen MR) is 86.8 cm³/mol. The Balaban J connectivity index is 1.59. The maximum Gasteiger partial charge on any atom is 0.222 e. The minimum atomic E-state index is 0.162. The highest BCUT2D eigenvalue weighted by Gasteiger charge is 2.17. The molecule has 3 rings (SSSR count). The molecule has 1 amide bonds. The zero-order valence-corrected chi connectivity index (χ0v) is 12.6. The average Bonchev–Trinajstić information content (AvgIpc) is 2.73. The second-order valence-electron chi connectivity index (χ2n) is 6.13. The number of nitrogens with zero attached hydrogens (tertiary/aromatic N) is 1. The van der Waals surface area contributed by atoms with Gasteiger partial charge in [0.15, 0.2) is 0 Å². The SMILES string of the molecule is O=C1CC(Nc2ccc(N3CCCCC3)cc2)CCCN1. The summed E-state index contributed by atoms with van der Waals surface area (Å²) in [6.07, 6.45) is 6.64. The first-order valence-electron chi connectivity index (χ1n) is 8.19. The Morgan fingerprint density at radius 3 is 2.57 bits per heavy atom. The number of hydrogen-bond donors (Lipinski definition) is 2. The van der Waals surface area contributed by atoms with Crippen molar-refractivity contribution in [2.75, 3.05) is 29.9 Å². The number of hydrogen-bond acceptors (Lipinski definition) is 3. The second-order valence-corrected chi connectivity index (χ2v) is 6.13. The van der Waals surface area contributed by atoms with E-state index in [2.05, 4.69) is 39.8 Å². The van der Waals surface area contributed by atoms with Crippen molar-refractivity contribution in [3.8, 4) is 0 Å². The molecule has 1 unspecified atom stereocenters. The van der Waals surface area contributed by atoms with Gasteiger partial charge in [-0.1, -0.05) is 0 Å². The topological polar surface area (TPSA) is 44.4 Å². The van der Waals surface area contributed by atoms with Gasteiger partial charge in [-0.3, -0.25) is 4.79 Å². The number of piperidine rings is 1. The number of anilines is 2. The lowest BCUT2D eigenvalue weighted by atomic mass is 10.1. The van der Waals surface area contributed by atoms with E-state index in [0.717, 1.165) is 25.1 Å². The van der Waals surface area contributed by atoms with E-state index < -0.39 is 0 Å². The summed E-state index contributed by atoms with van der Waals surface area (Å²) >= 11 is 0. The van der Waals surface area contributed by atoms with E-state index in [-0.39, 0.29) is 11.9 Å². The van der Waals surface area contributed by atoms with Crippen molar-refractivity contribution < 1.29 is 4.79 Å². The highest BCUT2D eigenvalue weighted by molar-refractivity contribution is 5.77. The molecule has 0 aliphatic carbocycles. The lowest BCUT2D eigenvalue weighted by molar-refractivity contribution is -0.120. The summed E-state index contributed by atoms with van der Waals surface area (Å²) < 4.78 is 0. The van der Waals surface area contributed by atoms with Crippen LogP contribution in [-0.4, -0.2) is 31.6 Å². The van der Waals surface area contributed by atoms with Crippen LogP contribution < -0.4 is 15.5 Å². The molecule has 1 aromatic rings. The molecule has 4 heteroatoms. The minimum absolute atomic E-state index is 0.162. The van der Waals surface area contributed by atoms with Gasteiger partial charge in [0, 0.05) is 43.5 Å². The predicted octanol–water partition coefficient (Wildman–Crippen LogP) is 2.76. The molecule has 0 radical (unpaired) electrons. The smallest absolute Gasteiger partial charge is 0.222 e. The van der Waals surface area contributed by atoms with Crippen molar-refractivity contribution in [2.24, 2.45) is 0 Å². The van der Waals surface area contributed by atoms with Crippen LogP contribution in [-0.2, 0) is 4.79 Å².